The molecule has 198 valence electrons. The summed E-state index contributed by atoms with van der Waals surface area (Å²) in [5.41, 5.74) is -0.134. The molecule has 3 aromatic heterocycles. The van der Waals surface area contributed by atoms with Crippen molar-refractivity contribution in [1.29, 1.82) is 0 Å². The molecule has 3 atom stereocenters. The average molecular weight is 543 g/mol. The van der Waals surface area contributed by atoms with Gasteiger partial charge in [-0.1, -0.05) is 59.2 Å². The van der Waals surface area contributed by atoms with Crippen molar-refractivity contribution in [2.24, 2.45) is 0 Å². The van der Waals surface area contributed by atoms with Crippen molar-refractivity contribution >= 4 is 39.3 Å². The largest absolute Gasteiger partial charge is 0.372 e. The first-order chi connectivity index (χ1) is 18.9. The highest BCUT2D eigenvalue weighted by Gasteiger charge is 2.41. The van der Waals surface area contributed by atoms with Crippen molar-refractivity contribution in [2.45, 2.75) is 50.3 Å². The van der Waals surface area contributed by atoms with Gasteiger partial charge in [0.1, 0.15) is 16.7 Å². The number of fused-ring (bicyclic) bond motifs is 3. The number of benzene rings is 2. The Kier molecular flexibility index (Phi) is 6.45. The zero-order chi connectivity index (χ0) is 27.1. The van der Waals surface area contributed by atoms with Crippen molar-refractivity contribution in [3.8, 4) is 0 Å². The number of carbonyl (C=O) groups is 1. The Bertz CT molecular complexity index is 1690. The molecule has 9 heteroatoms. The van der Waals surface area contributed by atoms with E-state index in [2.05, 4.69) is 15.5 Å². The molecule has 1 fully saturated rings. The minimum atomic E-state index is -1.92. The Morgan fingerprint density at radius 3 is 2.64 bits per heavy atom. The number of nitrogens with zero attached hydrogens (tertiary/aromatic N) is 3. The number of hydrogen-bond donors (Lipinski definition) is 2. The Labute approximate surface area is 229 Å². The number of aromatic nitrogens is 3. The lowest BCUT2D eigenvalue weighted by Gasteiger charge is -2.35. The molecule has 3 heterocycles. The molecule has 2 aromatic carbocycles. The summed E-state index contributed by atoms with van der Waals surface area (Å²) in [7, 11) is 0. The third-order valence-electron chi connectivity index (χ3n) is 7.73. The van der Waals surface area contributed by atoms with Crippen LogP contribution in [0.25, 0.3) is 21.8 Å². The van der Waals surface area contributed by atoms with E-state index in [1.807, 2.05) is 18.2 Å². The molecule has 0 spiro atoms. The summed E-state index contributed by atoms with van der Waals surface area (Å²) < 4.78 is 7.16. The van der Waals surface area contributed by atoms with E-state index in [-0.39, 0.29) is 17.6 Å². The van der Waals surface area contributed by atoms with Crippen LogP contribution >= 0.6 is 11.6 Å². The third-order valence-corrected chi connectivity index (χ3v) is 8.04. The number of rotatable bonds is 5. The molecule has 0 radical (unpaired) electrons. The number of hydrogen-bond acceptors (Lipinski definition) is 6. The fourth-order valence-electron chi connectivity index (χ4n) is 5.84. The van der Waals surface area contributed by atoms with Crippen LogP contribution in [0.4, 0.5) is 0 Å². The molecule has 39 heavy (non-hydrogen) atoms. The van der Waals surface area contributed by atoms with Crippen LogP contribution in [0, 0.1) is 6.92 Å². The van der Waals surface area contributed by atoms with Crippen molar-refractivity contribution in [3.05, 3.63) is 105 Å². The van der Waals surface area contributed by atoms with Crippen LogP contribution in [0.1, 0.15) is 48.6 Å². The van der Waals surface area contributed by atoms with Crippen molar-refractivity contribution < 1.29 is 14.4 Å². The second-order valence-corrected chi connectivity index (χ2v) is 10.5. The van der Waals surface area contributed by atoms with E-state index >= 15 is 0 Å². The van der Waals surface area contributed by atoms with Crippen molar-refractivity contribution in [2.75, 3.05) is 0 Å². The van der Waals surface area contributed by atoms with E-state index in [9.17, 15) is 14.7 Å². The molecule has 8 nitrogen and oxygen atoms in total. The number of nitrogens with one attached hydrogen (secondary N) is 1. The number of pyridine rings is 2. The monoisotopic (exact) mass is 542 g/mol. The number of amides is 1. The van der Waals surface area contributed by atoms with Crippen molar-refractivity contribution in [3.63, 3.8) is 0 Å². The molecule has 1 aliphatic rings. The molecule has 0 saturated heterocycles. The van der Waals surface area contributed by atoms with Crippen LogP contribution < -0.4 is 10.9 Å². The van der Waals surface area contributed by atoms with Gasteiger partial charge in [-0.15, -0.1) is 0 Å². The zero-order valence-corrected chi connectivity index (χ0v) is 22.1. The number of aryl methyl sites for hydroxylation is 1. The highest BCUT2D eigenvalue weighted by molar-refractivity contribution is 6.37. The smallest absolute Gasteiger partial charge is 0.264 e. The maximum atomic E-state index is 13.8. The summed E-state index contributed by atoms with van der Waals surface area (Å²) in [5.74, 6) is -0.0893. The fraction of sp³-hybridized carbons (Fsp3) is 0.267. The molecular formula is C30H27ClN4O4. The van der Waals surface area contributed by atoms with E-state index in [1.165, 1.54) is 6.20 Å². The second kappa shape index (κ2) is 9.94. The van der Waals surface area contributed by atoms with Crippen LogP contribution in [-0.4, -0.2) is 31.8 Å². The van der Waals surface area contributed by atoms with E-state index in [0.29, 0.717) is 50.1 Å². The maximum absolute atomic E-state index is 13.8. The van der Waals surface area contributed by atoms with Crippen molar-refractivity contribution in [1.82, 2.24) is 20.0 Å². The first-order valence-corrected chi connectivity index (χ1v) is 13.4. The predicted octanol–water partition coefficient (Wildman–Crippen LogP) is 5.04. The molecule has 6 rings (SSSR count). The highest BCUT2D eigenvalue weighted by Crippen LogP contribution is 2.36. The predicted molar refractivity (Wildman–Crippen MR) is 149 cm³/mol. The average Bonchev–Trinajstić information content (AvgIpc) is 3.35. The lowest BCUT2D eigenvalue weighted by atomic mass is 9.84. The van der Waals surface area contributed by atoms with Crippen LogP contribution in [0.3, 0.4) is 0 Å². The van der Waals surface area contributed by atoms with Gasteiger partial charge in [0.2, 0.25) is 0 Å². The first kappa shape index (κ1) is 25.3. The van der Waals surface area contributed by atoms with Crippen LogP contribution in [0.5, 0.6) is 0 Å². The summed E-state index contributed by atoms with van der Waals surface area (Å²) in [4.78, 5) is 31.7. The molecular weight excluding hydrogens is 516 g/mol. The van der Waals surface area contributed by atoms with Gasteiger partial charge in [0.25, 0.3) is 11.5 Å². The molecule has 1 amide bonds. The standard InChI is InChI=1S/C30H27ClN4O4/c1-18-25-27(34-39-18)26-23(31)13-6-14-24(26)35(28(25)36)22-12-5-11-21(16-22)33-29(37)30(38,19-8-3-2-4-9-19)20-10-7-15-32-17-20/h2-4,6-10,13-15,17,21-22,38H,5,11-12,16H2,1H3,(H,33,37). The van der Waals surface area contributed by atoms with Gasteiger partial charge in [-0.05, 0) is 56.4 Å². The second-order valence-electron chi connectivity index (χ2n) is 10.1. The summed E-state index contributed by atoms with van der Waals surface area (Å²) in [6, 6.07) is 17.2. The first-order valence-electron chi connectivity index (χ1n) is 13.0. The highest BCUT2D eigenvalue weighted by atomic mass is 35.5. The van der Waals surface area contributed by atoms with Gasteiger partial charge < -0.3 is 19.5 Å². The maximum Gasteiger partial charge on any atom is 0.264 e. The molecule has 0 aliphatic heterocycles. The Morgan fingerprint density at radius 1 is 1.08 bits per heavy atom. The van der Waals surface area contributed by atoms with Crippen LogP contribution in [0.15, 0.2) is 82.4 Å². The van der Waals surface area contributed by atoms with Crippen LogP contribution in [0.2, 0.25) is 5.02 Å². The summed E-state index contributed by atoms with van der Waals surface area (Å²) in [5, 5.41) is 20.6. The Morgan fingerprint density at radius 2 is 1.87 bits per heavy atom. The SMILES string of the molecule is Cc1onc2c1c(=O)n(C1CCCC(NC(=O)C(O)(c3ccccc3)c3cccnc3)C1)c1cccc(Cl)c21. The van der Waals surface area contributed by atoms with Gasteiger partial charge >= 0.3 is 0 Å². The summed E-state index contributed by atoms with van der Waals surface area (Å²) >= 11 is 6.59. The van der Waals surface area contributed by atoms with Gasteiger partial charge in [0.05, 0.1) is 10.5 Å². The Hall–Kier alpha value is -4.01. The number of aliphatic hydroxyl groups is 1. The number of halogens is 1. The lowest BCUT2D eigenvalue weighted by molar-refractivity contribution is -0.137. The molecule has 2 N–H and O–H groups in total. The third kappa shape index (κ3) is 4.20. The molecule has 1 saturated carbocycles. The van der Waals surface area contributed by atoms with Gasteiger partial charge in [-0.25, -0.2) is 0 Å². The quantitative estimate of drug-likeness (QED) is 0.322. The summed E-state index contributed by atoms with van der Waals surface area (Å²) in [6.45, 7) is 1.72. The zero-order valence-electron chi connectivity index (χ0n) is 21.3. The van der Waals surface area contributed by atoms with E-state index in [4.69, 9.17) is 16.1 Å². The molecule has 3 unspecified atom stereocenters. The van der Waals surface area contributed by atoms with Gasteiger partial charge in [-0.2, -0.15) is 0 Å². The van der Waals surface area contributed by atoms with Gasteiger partial charge in [0.15, 0.2) is 5.60 Å². The Balaban J connectivity index is 1.37. The van der Waals surface area contributed by atoms with E-state index < -0.39 is 11.5 Å². The number of carbonyl (C=O) groups excluding carboxylic acids is 1. The molecule has 1 aliphatic carbocycles. The summed E-state index contributed by atoms with van der Waals surface area (Å²) in [6.07, 6.45) is 5.89. The lowest BCUT2D eigenvalue weighted by Crippen LogP contribution is -2.50. The minimum absolute atomic E-state index is 0.188. The normalized spacial score (nSPS) is 19.2. The van der Waals surface area contributed by atoms with Gasteiger partial charge in [0, 0.05) is 35.4 Å². The van der Waals surface area contributed by atoms with Gasteiger partial charge in [-0.3, -0.25) is 14.6 Å². The fourth-order valence-corrected chi connectivity index (χ4v) is 6.10. The molecule has 5 aromatic rings. The topological polar surface area (TPSA) is 110 Å². The van der Waals surface area contributed by atoms with E-state index in [0.717, 1.165) is 19.3 Å². The van der Waals surface area contributed by atoms with E-state index in [1.54, 1.807) is 60.2 Å². The molecule has 0 bridgehead atoms. The minimum Gasteiger partial charge on any atom is -0.372 e. The van der Waals surface area contributed by atoms with Crippen LogP contribution in [-0.2, 0) is 10.4 Å².